The number of phenols is 4. The number of Topliss-reactive ketones (excluding diaryl/α,β-unsaturated/α-hetero) is 2. The first-order chi connectivity index (χ1) is 56.6. The smallest absolute Gasteiger partial charge is 0.508 e. The Morgan fingerprint density at radius 3 is 1.18 bits per heavy atom. The van der Waals surface area contributed by atoms with E-state index in [1.54, 1.807) is 78.3 Å². The van der Waals surface area contributed by atoms with Crippen molar-refractivity contribution in [2.24, 2.45) is 5.92 Å². The van der Waals surface area contributed by atoms with Crippen molar-refractivity contribution >= 4 is 146 Å². The number of rotatable bonds is 15. The third-order valence-electron chi connectivity index (χ3n) is 18.9. The zero-order valence-electron chi connectivity index (χ0n) is 68.1. The number of hydrogen-bond donors (Lipinski definition) is 4. The number of aryl methyl sites for hydroxylation is 1. The van der Waals surface area contributed by atoms with Crippen molar-refractivity contribution in [3.05, 3.63) is 306 Å². The second-order valence-electron chi connectivity index (χ2n) is 27.0. The van der Waals surface area contributed by atoms with Gasteiger partial charge in [-0.15, -0.1) is 0 Å². The molecule has 14 aromatic carbocycles. The molecule has 16 nitrogen and oxygen atoms in total. The number of esters is 2. The standard InChI is InChI=1S/C13H11F3O4S.C13H16O3.C12H11BrO.C12H11Br.C12H14O3.C12H12O2.C11H9BrO.C11H10O2/c1-8-11(19-2)7-9-5-3-4-6-10(9)12(8)20-21(17,18)13(14,15)16;1-3-16-13(15)10(2)12(14)9-11-7-5-4-6-8-11;1-8-11(14-2)7-9-5-3-4-6-10(9)12(8)13;1-8-7-10-5-3-4-6-11(10)12(13)9(8)2;1-2-15-12(14)9-11(13)8-10-6-4-3-5-7-10;1-8-11(14-2)7-9-5-3-4-6-10(9)12(8)13;1-7-10(13)6-8-4-2-3-5-9(8)11(7)12;1-7-10(12)6-8-4-2-3-5-9(8)11(7)13/h3-7H,1-2H3;4-8,10H,3,9H2,1-2H3;3-7H,1-2H3;3-7H,1-2H3;3-7H,2,8-9H2,1H3;3-7,13H,1-2H3;2-6,13H,1H3;2-6,12-13H,1H3. The third-order valence-corrected chi connectivity index (χ3v) is 22.9. The number of carbonyl (C=O) groups excluding carboxylic acids is 4. The number of ketones is 2. The highest BCUT2D eigenvalue weighted by Crippen LogP contribution is 2.41. The van der Waals surface area contributed by atoms with Crippen LogP contribution in [0.3, 0.4) is 0 Å². The van der Waals surface area contributed by atoms with Gasteiger partial charge in [0.25, 0.3) is 0 Å². The topological polar surface area (TPSA) is 239 Å². The number of halogens is 6. The van der Waals surface area contributed by atoms with E-state index in [2.05, 4.69) is 121 Å². The molecule has 0 aliphatic carbocycles. The number of phenolic OH excluding ortho intramolecular Hbond substituents is 4. The summed E-state index contributed by atoms with van der Waals surface area (Å²) < 4.78 is 92.6. The van der Waals surface area contributed by atoms with E-state index in [9.17, 15) is 61.2 Å². The largest absolute Gasteiger partial charge is 0.534 e. The van der Waals surface area contributed by atoms with Gasteiger partial charge in [-0.05, 0) is 218 Å². The van der Waals surface area contributed by atoms with Gasteiger partial charge in [0.15, 0.2) is 11.5 Å². The molecule has 0 fully saturated rings. The molecular weight excluding hydrogens is 1740 g/mol. The Morgan fingerprint density at radius 1 is 0.403 bits per heavy atom. The van der Waals surface area contributed by atoms with E-state index in [1.807, 2.05) is 166 Å². The SMILES string of the molecule is CCOC(=O)C(C)C(=O)Cc1ccccc1.CCOC(=O)CC(=O)Cc1ccccc1.COc1cc2ccccc2c(Br)c1C.COc1cc2ccccc2c(O)c1C.COc1cc2ccccc2c(OS(=O)(=O)C(F)(F)F)c1C.Cc1c(O)cc2ccccc2c1Br.Cc1c(O)cc2ccccc2c1O.Cc1cc2ccccc2c(Br)c1C. The van der Waals surface area contributed by atoms with E-state index in [4.69, 9.17) is 23.7 Å². The Bertz CT molecular complexity index is 5680. The summed E-state index contributed by atoms with van der Waals surface area (Å²) in [5.41, 5.74) is 2.53. The minimum absolute atomic E-state index is 0.107. The van der Waals surface area contributed by atoms with E-state index in [1.165, 1.54) is 57.2 Å². The molecular formula is C96H94Br3F3O16S. The molecule has 1 atom stereocenters. The van der Waals surface area contributed by atoms with E-state index < -0.39 is 33.5 Å². The molecule has 622 valence electrons. The number of ether oxygens (including phenoxy) is 5. The first kappa shape index (κ1) is 94.6. The molecule has 0 bridgehead atoms. The van der Waals surface area contributed by atoms with Crippen LogP contribution >= 0.6 is 47.8 Å². The summed E-state index contributed by atoms with van der Waals surface area (Å²) in [6.45, 7) is 18.9. The Morgan fingerprint density at radius 2 is 0.739 bits per heavy atom. The lowest BCUT2D eigenvalue weighted by atomic mass is 10.00. The highest BCUT2D eigenvalue weighted by molar-refractivity contribution is 9.11. The fourth-order valence-electron chi connectivity index (χ4n) is 12.0. The molecule has 14 aromatic rings. The molecule has 0 spiro atoms. The Labute approximate surface area is 716 Å². The summed E-state index contributed by atoms with van der Waals surface area (Å²) in [6, 6.07) is 76.1. The number of hydrogen-bond acceptors (Lipinski definition) is 16. The van der Waals surface area contributed by atoms with Crippen LogP contribution < -0.4 is 18.4 Å². The zero-order chi connectivity index (χ0) is 87.4. The van der Waals surface area contributed by atoms with Crippen molar-refractivity contribution in [1.82, 2.24) is 0 Å². The van der Waals surface area contributed by atoms with Crippen LogP contribution in [0.5, 0.6) is 46.0 Å². The fourth-order valence-corrected chi connectivity index (χ4v) is 14.4. The first-order valence-electron chi connectivity index (χ1n) is 37.5. The molecule has 0 aromatic heterocycles. The van der Waals surface area contributed by atoms with Crippen LogP contribution in [0.4, 0.5) is 13.2 Å². The minimum atomic E-state index is -5.75. The lowest BCUT2D eigenvalue weighted by Gasteiger charge is -2.16. The highest BCUT2D eigenvalue weighted by Gasteiger charge is 2.49. The number of carbonyl (C=O) groups is 4. The summed E-state index contributed by atoms with van der Waals surface area (Å²) in [7, 11) is -1.11. The van der Waals surface area contributed by atoms with E-state index in [0.717, 1.165) is 80.6 Å². The normalized spacial score (nSPS) is 10.9. The van der Waals surface area contributed by atoms with Crippen LogP contribution in [0.1, 0.15) is 77.3 Å². The molecule has 0 heterocycles. The second kappa shape index (κ2) is 44.9. The number of benzene rings is 14. The van der Waals surface area contributed by atoms with E-state index in [0.29, 0.717) is 42.1 Å². The average Bonchev–Trinajstić information content (AvgIpc) is 0.785. The van der Waals surface area contributed by atoms with Crippen LogP contribution in [-0.2, 0) is 51.6 Å². The molecule has 4 N–H and O–H groups in total. The summed E-state index contributed by atoms with van der Waals surface area (Å²) >= 11 is 10.7. The summed E-state index contributed by atoms with van der Waals surface area (Å²) in [6.07, 6.45) is 0.434. The summed E-state index contributed by atoms with van der Waals surface area (Å²) in [4.78, 5) is 45.5. The van der Waals surface area contributed by atoms with Crippen molar-refractivity contribution in [2.75, 3.05) is 34.5 Å². The molecule has 14 rings (SSSR count). The van der Waals surface area contributed by atoms with Crippen LogP contribution in [0.25, 0.3) is 64.6 Å². The van der Waals surface area contributed by atoms with Crippen molar-refractivity contribution in [2.45, 2.75) is 94.0 Å². The summed E-state index contributed by atoms with van der Waals surface area (Å²) in [5, 5.41) is 50.0. The quantitative estimate of drug-likeness (QED) is 0.0323. The first-order valence-corrected chi connectivity index (χ1v) is 41.3. The molecule has 0 aliphatic heterocycles. The Kier molecular flexibility index (Phi) is 35.7. The second-order valence-corrected chi connectivity index (χ2v) is 31.0. The van der Waals surface area contributed by atoms with Crippen LogP contribution in [0, 0.1) is 54.4 Å². The predicted molar refractivity (Wildman–Crippen MR) is 479 cm³/mol. The Balaban J connectivity index is 0.000000188. The van der Waals surface area contributed by atoms with E-state index >= 15 is 0 Å². The molecule has 0 radical (unpaired) electrons. The van der Waals surface area contributed by atoms with Gasteiger partial charge >= 0.3 is 27.6 Å². The maximum Gasteiger partial charge on any atom is 0.534 e. The van der Waals surface area contributed by atoms with Crippen molar-refractivity contribution < 1.29 is 89.1 Å². The fraction of sp³-hybridized carbons (Fsp3) is 0.208. The maximum absolute atomic E-state index is 12.5. The van der Waals surface area contributed by atoms with Gasteiger partial charge in [0.05, 0.1) is 34.5 Å². The van der Waals surface area contributed by atoms with Gasteiger partial charge in [-0.1, -0.05) is 212 Å². The highest BCUT2D eigenvalue weighted by atomic mass is 79.9. The van der Waals surface area contributed by atoms with Gasteiger partial charge in [0.1, 0.15) is 58.4 Å². The molecule has 23 heteroatoms. The lowest BCUT2D eigenvalue weighted by Crippen LogP contribution is -2.28. The van der Waals surface area contributed by atoms with Gasteiger partial charge in [0, 0.05) is 70.2 Å². The molecule has 0 saturated heterocycles. The maximum atomic E-state index is 12.5. The number of aromatic hydroxyl groups is 4. The van der Waals surface area contributed by atoms with Crippen molar-refractivity contribution in [1.29, 1.82) is 0 Å². The third kappa shape index (κ3) is 25.8. The molecule has 0 aliphatic rings. The molecule has 0 amide bonds. The molecule has 0 saturated carbocycles. The van der Waals surface area contributed by atoms with Crippen LogP contribution in [0.15, 0.2) is 256 Å². The van der Waals surface area contributed by atoms with Crippen LogP contribution in [0.2, 0.25) is 0 Å². The van der Waals surface area contributed by atoms with Crippen LogP contribution in [-0.4, -0.2) is 92.4 Å². The number of alkyl halides is 3. The lowest BCUT2D eigenvalue weighted by molar-refractivity contribution is -0.151. The molecule has 119 heavy (non-hydrogen) atoms. The van der Waals surface area contributed by atoms with Gasteiger partial charge in [0.2, 0.25) is 0 Å². The van der Waals surface area contributed by atoms with Gasteiger partial charge in [-0.2, -0.15) is 21.6 Å². The minimum Gasteiger partial charge on any atom is -0.508 e. The predicted octanol–water partition coefficient (Wildman–Crippen LogP) is 24.3. The van der Waals surface area contributed by atoms with Gasteiger partial charge in [-0.25, -0.2) is 0 Å². The van der Waals surface area contributed by atoms with Gasteiger partial charge in [-0.3, -0.25) is 19.2 Å². The van der Waals surface area contributed by atoms with Crippen molar-refractivity contribution in [3.63, 3.8) is 0 Å². The Hall–Kier alpha value is -11.5. The monoisotopic (exact) mass is 1830 g/mol. The van der Waals surface area contributed by atoms with Gasteiger partial charge < -0.3 is 48.3 Å². The zero-order valence-corrected chi connectivity index (χ0v) is 73.6. The number of methoxy groups -OCH3 is 3. The number of fused-ring (bicyclic) bond motifs is 6. The average molecular weight is 1830 g/mol. The van der Waals surface area contributed by atoms with Crippen molar-refractivity contribution in [3.8, 4) is 46.0 Å². The summed E-state index contributed by atoms with van der Waals surface area (Å²) in [5.74, 6) is 0.656. The molecule has 1 unspecified atom stereocenters. The van der Waals surface area contributed by atoms with E-state index in [-0.39, 0.29) is 58.4 Å².